The van der Waals surface area contributed by atoms with Gasteiger partial charge in [-0.3, -0.25) is 9.78 Å². The van der Waals surface area contributed by atoms with Crippen LogP contribution in [0.4, 0.5) is 0 Å². The van der Waals surface area contributed by atoms with Crippen molar-refractivity contribution >= 4 is 12.2 Å². The third kappa shape index (κ3) is 3.95. The van der Waals surface area contributed by atoms with Crippen LogP contribution in [0.3, 0.4) is 0 Å². The van der Waals surface area contributed by atoms with E-state index in [9.17, 15) is 4.79 Å². The zero-order valence-electron chi connectivity index (χ0n) is 13.7. The fourth-order valence-electron chi connectivity index (χ4n) is 2.54. The number of benzene rings is 1. The largest absolute Gasteiger partial charge is 0.336 e. The van der Waals surface area contributed by atoms with Crippen LogP contribution in [0.5, 0.6) is 0 Å². The molecule has 0 atom stereocenters. The Kier molecular flexibility index (Phi) is 5.01. The molecule has 0 radical (unpaired) electrons. The Morgan fingerprint density at radius 3 is 2.27 bits per heavy atom. The lowest BCUT2D eigenvalue weighted by Crippen LogP contribution is -2.18. The van der Waals surface area contributed by atoms with Gasteiger partial charge in [-0.1, -0.05) is 58.4 Å². The summed E-state index contributed by atoms with van der Waals surface area (Å²) in [6.07, 6.45) is 2.44. The van der Waals surface area contributed by atoms with Gasteiger partial charge in [0.25, 0.3) is 5.56 Å². The summed E-state index contributed by atoms with van der Waals surface area (Å²) in [6, 6.07) is 8.51. The number of aromatic amines is 2. The standard InChI is InChI=1S/C18H24N2OS/c1-5-6-15-14(16(21)20-17(22)19-15)11-12-7-9-13(10-8-12)18(2,3)4/h7-10H,5-6,11H2,1-4H3,(H2,19,20,21,22). The first-order valence-corrected chi connectivity index (χ1v) is 8.16. The van der Waals surface area contributed by atoms with Gasteiger partial charge in [0, 0.05) is 17.7 Å². The van der Waals surface area contributed by atoms with Crippen molar-refractivity contribution in [1.82, 2.24) is 9.97 Å². The first kappa shape index (κ1) is 16.7. The summed E-state index contributed by atoms with van der Waals surface area (Å²) in [5, 5.41) is 0. The van der Waals surface area contributed by atoms with Crippen LogP contribution in [0, 0.1) is 4.77 Å². The number of aromatic nitrogens is 2. The fraction of sp³-hybridized carbons (Fsp3) is 0.444. The van der Waals surface area contributed by atoms with Crippen molar-refractivity contribution in [1.29, 1.82) is 0 Å². The molecule has 2 N–H and O–H groups in total. The zero-order valence-corrected chi connectivity index (χ0v) is 14.6. The van der Waals surface area contributed by atoms with Crippen LogP contribution < -0.4 is 5.56 Å². The van der Waals surface area contributed by atoms with E-state index in [1.54, 1.807) is 0 Å². The van der Waals surface area contributed by atoms with E-state index >= 15 is 0 Å². The summed E-state index contributed by atoms with van der Waals surface area (Å²) in [4.78, 5) is 18.1. The molecule has 4 heteroatoms. The van der Waals surface area contributed by atoms with Crippen molar-refractivity contribution in [2.45, 2.75) is 52.4 Å². The van der Waals surface area contributed by atoms with Gasteiger partial charge in [0.05, 0.1) is 0 Å². The van der Waals surface area contributed by atoms with Crippen LogP contribution in [0.1, 0.15) is 56.5 Å². The Bertz CT molecular complexity index is 748. The van der Waals surface area contributed by atoms with Crippen LogP contribution >= 0.6 is 12.2 Å². The maximum atomic E-state index is 12.2. The van der Waals surface area contributed by atoms with Crippen LogP contribution in [-0.2, 0) is 18.3 Å². The van der Waals surface area contributed by atoms with E-state index in [-0.39, 0.29) is 11.0 Å². The van der Waals surface area contributed by atoms with Crippen molar-refractivity contribution < 1.29 is 0 Å². The number of aryl methyl sites for hydroxylation is 1. The highest BCUT2D eigenvalue weighted by Crippen LogP contribution is 2.22. The van der Waals surface area contributed by atoms with E-state index in [1.165, 1.54) is 5.56 Å². The van der Waals surface area contributed by atoms with Crippen molar-refractivity contribution in [3.8, 4) is 0 Å². The minimum Gasteiger partial charge on any atom is -0.336 e. The van der Waals surface area contributed by atoms with Gasteiger partial charge in [-0.25, -0.2) is 0 Å². The summed E-state index contributed by atoms with van der Waals surface area (Å²) in [5.41, 5.74) is 4.25. The molecular formula is C18H24N2OS. The highest BCUT2D eigenvalue weighted by Gasteiger charge is 2.14. The van der Waals surface area contributed by atoms with E-state index in [2.05, 4.69) is 61.9 Å². The van der Waals surface area contributed by atoms with Crippen LogP contribution in [0.2, 0.25) is 0 Å². The highest BCUT2D eigenvalue weighted by atomic mass is 32.1. The molecule has 3 nitrogen and oxygen atoms in total. The second kappa shape index (κ2) is 6.61. The highest BCUT2D eigenvalue weighted by molar-refractivity contribution is 7.71. The molecule has 0 bridgehead atoms. The smallest absolute Gasteiger partial charge is 0.255 e. The molecule has 2 rings (SSSR count). The fourth-order valence-corrected chi connectivity index (χ4v) is 2.75. The van der Waals surface area contributed by atoms with Crippen LogP contribution in [0.25, 0.3) is 0 Å². The lowest BCUT2D eigenvalue weighted by Gasteiger charge is -2.19. The van der Waals surface area contributed by atoms with Gasteiger partial charge < -0.3 is 4.98 Å². The van der Waals surface area contributed by atoms with Crippen molar-refractivity contribution in [3.05, 3.63) is 61.8 Å². The van der Waals surface area contributed by atoms with E-state index in [1.807, 2.05) is 0 Å². The Morgan fingerprint density at radius 1 is 1.09 bits per heavy atom. The quantitative estimate of drug-likeness (QED) is 0.827. The summed E-state index contributed by atoms with van der Waals surface area (Å²) >= 11 is 5.07. The third-order valence-electron chi connectivity index (χ3n) is 3.83. The minimum atomic E-state index is -0.0768. The lowest BCUT2D eigenvalue weighted by atomic mass is 9.86. The van der Waals surface area contributed by atoms with Gasteiger partial charge >= 0.3 is 0 Å². The second-order valence-corrected chi connectivity index (χ2v) is 7.15. The van der Waals surface area contributed by atoms with Gasteiger partial charge in [0.15, 0.2) is 4.77 Å². The normalized spacial score (nSPS) is 11.6. The molecule has 1 aromatic carbocycles. The molecule has 0 saturated carbocycles. The van der Waals surface area contributed by atoms with Gasteiger partial charge in [-0.2, -0.15) is 0 Å². The molecule has 0 fully saturated rings. The average Bonchev–Trinajstić information content (AvgIpc) is 2.42. The number of nitrogens with one attached hydrogen (secondary N) is 2. The predicted molar refractivity (Wildman–Crippen MR) is 94.2 cm³/mol. The Hall–Kier alpha value is -1.68. The van der Waals surface area contributed by atoms with Gasteiger partial charge in [0.2, 0.25) is 0 Å². The topological polar surface area (TPSA) is 48.6 Å². The third-order valence-corrected chi connectivity index (χ3v) is 4.03. The van der Waals surface area contributed by atoms with Crippen molar-refractivity contribution in [2.75, 3.05) is 0 Å². The molecule has 2 aromatic rings. The Morgan fingerprint density at radius 2 is 1.73 bits per heavy atom. The lowest BCUT2D eigenvalue weighted by molar-refractivity contribution is 0.590. The second-order valence-electron chi connectivity index (χ2n) is 6.74. The molecule has 118 valence electrons. The maximum Gasteiger partial charge on any atom is 0.255 e. The molecule has 0 aliphatic heterocycles. The van der Waals surface area contributed by atoms with Gasteiger partial charge in [0.1, 0.15) is 0 Å². The Balaban J connectivity index is 2.35. The van der Waals surface area contributed by atoms with Crippen molar-refractivity contribution in [2.24, 2.45) is 0 Å². The summed E-state index contributed by atoms with van der Waals surface area (Å²) in [7, 11) is 0. The SMILES string of the molecule is CCCc1[nH]c(=S)[nH]c(=O)c1Cc1ccc(C(C)(C)C)cc1. The number of rotatable bonds is 4. The zero-order chi connectivity index (χ0) is 16.3. The first-order valence-electron chi connectivity index (χ1n) is 7.75. The van der Waals surface area contributed by atoms with Crippen LogP contribution in [-0.4, -0.2) is 9.97 Å². The van der Waals surface area contributed by atoms with E-state index < -0.39 is 0 Å². The molecule has 1 heterocycles. The molecule has 1 aromatic heterocycles. The minimum absolute atomic E-state index is 0.0768. The molecule has 0 spiro atoms. The van der Waals surface area contributed by atoms with E-state index in [0.29, 0.717) is 11.2 Å². The molecule has 0 unspecified atom stereocenters. The monoisotopic (exact) mass is 316 g/mol. The molecular weight excluding hydrogens is 292 g/mol. The number of hydrogen-bond acceptors (Lipinski definition) is 2. The number of H-pyrrole nitrogens is 2. The van der Waals surface area contributed by atoms with Crippen molar-refractivity contribution in [3.63, 3.8) is 0 Å². The molecule has 0 amide bonds. The van der Waals surface area contributed by atoms with Gasteiger partial charge in [-0.05, 0) is 35.2 Å². The van der Waals surface area contributed by atoms with E-state index in [0.717, 1.165) is 29.7 Å². The maximum absolute atomic E-state index is 12.2. The number of hydrogen-bond donors (Lipinski definition) is 2. The van der Waals surface area contributed by atoms with Crippen LogP contribution in [0.15, 0.2) is 29.1 Å². The average molecular weight is 316 g/mol. The molecule has 0 saturated heterocycles. The summed E-state index contributed by atoms with van der Waals surface area (Å²) < 4.78 is 0.403. The predicted octanol–water partition coefficient (Wildman–Crippen LogP) is 4.27. The summed E-state index contributed by atoms with van der Waals surface area (Å²) in [5.74, 6) is 0. The van der Waals surface area contributed by atoms with Gasteiger partial charge in [-0.15, -0.1) is 0 Å². The Labute approximate surface area is 136 Å². The molecule has 0 aliphatic carbocycles. The first-order chi connectivity index (χ1) is 10.3. The van der Waals surface area contributed by atoms with E-state index in [4.69, 9.17) is 12.2 Å². The molecule has 22 heavy (non-hydrogen) atoms. The molecule has 0 aliphatic rings. The summed E-state index contributed by atoms with van der Waals surface area (Å²) in [6.45, 7) is 8.69.